The highest BCUT2D eigenvalue weighted by Gasteiger charge is 2.22. The molecule has 5 N–H and O–H groups in total. The molecule has 0 spiro atoms. The van der Waals surface area contributed by atoms with Crippen LogP contribution in [0.15, 0.2) is 72.8 Å². The van der Waals surface area contributed by atoms with Crippen molar-refractivity contribution in [2.75, 3.05) is 30.5 Å². The predicted molar refractivity (Wildman–Crippen MR) is 147 cm³/mol. The summed E-state index contributed by atoms with van der Waals surface area (Å²) in [6.07, 6.45) is 0.510. The minimum atomic E-state index is -3.61. The lowest BCUT2D eigenvalue weighted by molar-refractivity contribution is 0.104. The van der Waals surface area contributed by atoms with Gasteiger partial charge in [0.15, 0.2) is 6.35 Å². The van der Waals surface area contributed by atoms with Crippen molar-refractivity contribution in [3.63, 3.8) is 0 Å². The molecule has 3 rings (SSSR count). The minimum absolute atomic E-state index is 0.00998. The van der Waals surface area contributed by atoms with Gasteiger partial charge in [-0.25, -0.2) is 8.42 Å². The van der Waals surface area contributed by atoms with E-state index in [1.165, 1.54) is 18.2 Å². The van der Waals surface area contributed by atoms with Gasteiger partial charge in [0, 0.05) is 24.0 Å². The Kier molecular flexibility index (Phi) is 10.2. The van der Waals surface area contributed by atoms with Gasteiger partial charge in [0.2, 0.25) is 10.0 Å². The predicted octanol–water partition coefficient (Wildman–Crippen LogP) is 2.66. The first-order valence-corrected chi connectivity index (χ1v) is 15.6. The van der Waals surface area contributed by atoms with Crippen LogP contribution in [0.2, 0.25) is 0 Å². The highest BCUT2D eigenvalue weighted by atomic mass is 32.2. The van der Waals surface area contributed by atoms with E-state index in [2.05, 4.69) is 10.0 Å². The van der Waals surface area contributed by atoms with E-state index in [0.29, 0.717) is 23.2 Å². The van der Waals surface area contributed by atoms with Gasteiger partial charge in [-0.1, -0.05) is 30.3 Å². The molecule has 206 valence electrons. The molecule has 0 bridgehead atoms. The maximum atomic E-state index is 12.5. The summed E-state index contributed by atoms with van der Waals surface area (Å²) in [4.78, 5) is 10.2. The first-order valence-electron chi connectivity index (χ1n) is 11.9. The molecule has 0 radical (unpaired) electrons. The lowest BCUT2D eigenvalue weighted by Crippen LogP contribution is -2.37. The Bertz CT molecular complexity index is 1340. The maximum Gasteiger partial charge on any atom is 0.265 e. The molecule has 2 unspecified atom stereocenters. The largest absolute Gasteiger partial charge is 0.506 e. The molecular formula is C26H33N2O8PS. The number of rotatable bonds is 14. The number of anilines is 1. The van der Waals surface area contributed by atoms with E-state index in [-0.39, 0.29) is 37.0 Å². The summed E-state index contributed by atoms with van der Waals surface area (Å²) in [6.45, 7) is 2.20. The Morgan fingerprint density at radius 1 is 0.974 bits per heavy atom. The van der Waals surface area contributed by atoms with Crippen LogP contribution < -0.4 is 24.8 Å². The van der Waals surface area contributed by atoms with Gasteiger partial charge >= 0.3 is 0 Å². The molecule has 10 nitrogen and oxygen atoms in total. The third-order valence-electron chi connectivity index (χ3n) is 5.44. The van der Waals surface area contributed by atoms with Gasteiger partial charge in [0.25, 0.3) is 7.37 Å². The summed E-state index contributed by atoms with van der Waals surface area (Å²) < 4.78 is 48.6. The average molecular weight is 565 g/mol. The van der Waals surface area contributed by atoms with Gasteiger partial charge in [-0.3, -0.25) is 9.29 Å². The number of aliphatic hydroxyl groups is 1. The number of benzene rings is 3. The molecule has 3 atom stereocenters. The van der Waals surface area contributed by atoms with Crippen molar-refractivity contribution in [3.8, 4) is 17.2 Å². The van der Waals surface area contributed by atoms with Crippen LogP contribution >= 0.6 is 7.37 Å². The quantitative estimate of drug-likeness (QED) is 0.147. The van der Waals surface area contributed by atoms with Gasteiger partial charge in [-0.15, -0.1) is 0 Å². The van der Waals surface area contributed by atoms with E-state index < -0.39 is 23.5 Å². The van der Waals surface area contributed by atoms with Crippen LogP contribution in [0.1, 0.15) is 12.5 Å². The Balaban J connectivity index is 1.41. The van der Waals surface area contributed by atoms with Crippen molar-refractivity contribution in [1.82, 2.24) is 5.32 Å². The molecule has 0 saturated carbocycles. The highest BCUT2D eigenvalue weighted by Crippen LogP contribution is 2.39. The van der Waals surface area contributed by atoms with Crippen molar-refractivity contribution >= 4 is 28.4 Å². The summed E-state index contributed by atoms with van der Waals surface area (Å²) in [7, 11) is -7.17. The van der Waals surface area contributed by atoms with Crippen LogP contribution in [0.3, 0.4) is 0 Å². The van der Waals surface area contributed by atoms with E-state index in [4.69, 9.17) is 9.47 Å². The fourth-order valence-electron chi connectivity index (χ4n) is 3.52. The fourth-order valence-corrected chi connectivity index (χ4v) is 5.19. The van der Waals surface area contributed by atoms with Crippen molar-refractivity contribution in [1.29, 1.82) is 0 Å². The lowest BCUT2D eigenvalue weighted by atomic mass is 10.1. The van der Waals surface area contributed by atoms with Crippen LogP contribution in [0, 0.1) is 0 Å². The van der Waals surface area contributed by atoms with Crippen molar-refractivity contribution in [2.45, 2.75) is 25.5 Å². The smallest absolute Gasteiger partial charge is 0.265 e. The molecule has 0 aliphatic carbocycles. The second kappa shape index (κ2) is 13.1. The van der Waals surface area contributed by atoms with Crippen LogP contribution in [0.5, 0.6) is 17.2 Å². The highest BCUT2D eigenvalue weighted by molar-refractivity contribution is 7.92. The molecule has 0 aromatic heterocycles. The molecule has 12 heteroatoms. The van der Waals surface area contributed by atoms with E-state index in [1.54, 1.807) is 42.5 Å². The number of aliphatic hydroxyl groups excluding tert-OH is 1. The van der Waals surface area contributed by atoms with Gasteiger partial charge in [-0.05, 0) is 55.3 Å². The zero-order valence-corrected chi connectivity index (χ0v) is 22.9. The number of aromatic hydroxyl groups is 1. The van der Waals surface area contributed by atoms with Gasteiger partial charge in [-0.2, -0.15) is 0 Å². The third kappa shape index (κ3) is 9.66. The molecule has 0 fully saturated rings. The van der Waals surface area contributed by atoms with E-state index in [0.717, 1.165) is 11.8 Å². The lowest BCUT2D eigenvalue weighted by Gasteiger charge is -2.18. The number of hydrogen-bond acceptors (Lipinski definition) is 8. The standard InChI is InChI=1S/C26H33N2O8PS/c1-19(27-16-21(29)17-35-23-12-13-26(30)25(15-23)28-38(2,33)34)14-20-8-10-22(11-9-20)36-18-37(31,32)24-6-4-3-5-7-24/h3-13,15,19,21,27-30H,14,16-18H2,1-2H3,(H,31,32)/t19-,21?/m1/s1. The molecular weight excluding hydrogens is 531 g/mol. The monoisotopic (exact) mass is 564 g/mol. The second-order valence-electron chi connectivity index (χ2n) is 8.99. The SMILES string of the molecule is C[C@H](Cc1ccc(OCP(=O)(O)c2ccccc2)cc1)NCC(O)COc1ccc(O)c(NS(C)(=O)=O)c1. The number of phenolic OH excluding ortho intramolecular Hbond substituents is 1. The third-order valence-corrected chi connectivity index (χ3v) is 7.61. The van der Waals surface area contributed by atoms with Crippen LogP contribution in [-0.4, -0.2) is 61.4 Å². The summed E-state index contributed by atoms with van der Waals surface area (Å²) >= 11 is 0. The normalized spacial score (nSPS) is 14.7. The molecule has 3 aromatic rings. The summed E-state index contributed by atoms with van der Waals surface area (Å²) in [5.41, 5.74) is 1.01. The Labute approximate surface area is 222 Å². The average Bonchev–Trinajstić information content (AvgIpc) is 2.87. The summed E-state index contributed by atoms with van der Waals surface area (Å²) in [5.74, 6) is 0.555. The van der Waals surface area contributed by atoms with Crippen LogP contribution in [0.25, 0.3) is 0 Å². The van der Waals surface area contributed by atoms with E-state index in [1.807, 2.05) is 19.1 Å². The number of hydrogen-bond donors (Lipinski definition) is 5. The Morgan fingerprint density at radius 2 is 1.63 bits per heavy atom. The fraction of sp³-hybridized carbons (Fsp3) is 0.308. The van der Waals surface area contributed by atoms with Crippen molar-refractivity contribution in [2.24, 2.45) is 0 Å². The minimum Gasteiger partial charge on any atom is -0.506 e. The van der Waals surface area contributed by atoms with E-state index >= 15 is 0 Å². The maximum absolute atomic E-state index is 12.5. The summed E-state index contributed by atoms with van der Waals surface area (Å²) in [6, 6.07) is 19.8. The molecule has 0 aliphatic heterocycles. The zero-order chi connectivity index (χ0) is 27.8. The molecule has 0 heterocycles. The summed E-state index contributed by atoms with van der Waals surface area (Å²) in [5, 5.41) is 23.6. The topological polar surface area (TPSA) is 154 Å². The number of phenols is 1. The molecule has 3 aromatic carbocycles. The number of nitrogens with one attached hydrogen (secondary N) is 2. The second-order valence-corrected chi connectivity index (χ2v) is 12.9. The number of ether oxygens (including phenoxy) is 2. The zero-order valence-electron chi connectivity index (χ0n) is 21.1. The molecule has 0 amide bonds. The van der Waals surface area contributed by atoms with Crippen LogP contribution in [-0.2, 0) is 21.0 Å². The van der Waals surface area contributed by atoms with Gasteiger partial charge in [0.1, 0.15) is 30.0 Å². The van der Waals surface area contributed by atoms with Crippen LogP contribution in [0.4, 0.5) is 5.69 Å². The first kappa shape index (κ1) is 29.5. The molecule has 0 aliphatic rings. The first-order chi connectivity index (χ1) is 17.9. The van der Waals surface area contributed by atoms with Crippen molar-refractivity contribution < 1.29 is 37.6 Å². The molecule has 38 heavy (non-hydrogen) atoms. The van der Waals surface area contributed by atoms with Gasteiger partial charge in [0.05, 0.1) is 11.9 Å². The Hall–Kier alpha value is -3.08. The van der Waals surface area contributed by atoms with Gasteiger partial charge < -0.3 is 29.9 Å². The Morgan fingerprint density at radius 3 is 2.29 bits per heavy atom. The molecule has 0 saturated heterocycles. The van der Waals surface area contributed by atoms with Crippen molar-refractivity contribution in [3.05, 3.63) is 78.4 Å². The number of sulfonamides is 1. The van der Waals surface area contributed by atoms with E-state index in [9.17, 15) is 28.1 Å².